The number of fused-ring (bicyclic) bond motifs is 1. The maximum Gasteiger partial charge on any atom is 0.281 e. The van der Waals surface area contributed by atoms with Gasteiger partial charge in [0, 0.05) is 18.0 Å². The van der Waals surface area contributed by atoms with Crippen molar-refractivity contribution in [3.8, 4) is 16.9 Å². The number of nitrogens with two attached hydrogens (primary N) is 1. The van der Waals surface area contributed by atoms with Crippen LogP contribution < -0.4 is 5.73 Å². The average molecular weight is 298 g/mol. The third-order valence-electron chi connectivity index (χ3n) is 3.96. The molecule has 22 heavy (non-hydrogen) atoms. The van der Waals surface area contributed by atoms with Gasteiger partial charge in [-0.3, -0.25) is 0 Å². The molecule has 1 aromatic heterocycles. The molecule has 6 heteroatoms. The Kier molecular flexibility index (Phi) is 3.91. The number of phenolic OH excluding ortho intramolecular Hbond substituents is 1. The van der Waals surface area contributed by atoms with Gasteiger partial charge in [0.05, 0.1) is 13.2 Å². The van der Waals surface area contributed by atoms with Gasteiger partial charge in [0.2, 0.25) is 0 Å². The van der Waals surface area contributed by atoms with Crippen LogP contribution in [-0.2, 0) is 17.6 Å². The summed E-state index contributed by atoms with van der Waals surface area (Å²) in [5.74, 6) is 0.298. The summed E-state index contributed by atoms with van der Waals surface area (Å²) in [5.41, 5.74) is 9.71. The summed E-state index contributed by atoms with van der Waals surface area (Å²) in [6.07, 6.45) is 7.40. The summed E-state index contributed by atoms with van der Waals surface area (Å²) in [4.78, 5) is 12.5. The highest BCUT2D eigenvalue weighted by Crippen LogP contribution is 2.36. The number of amidine groups is 1. The van der Waals surface area contributed by atoms with Crippen LogP contribution in [0.15, 0.2) is 35.8 Å². The number of methoxy groups -OCH3 is 1. The Morgan fingerprint density at radius 2 is 2.09 bits per heavy atom. The zero-order chi connectivity index (χ0) is 15.5. The minimum Gasteiger partial charge on any atom is -0.508 e. The van der Waals surface area contributed by atoms with Crippen molar-refractivity contribution < 1.29 is 9.84 Å². The summed E-state index contributed by atoms with van der Waals surface area (Å²) in [5, 5.41) is 10.2. The molecule has 1 aromatic carbocycles. The molecule has 1 atom stereocenters. The Bertz CT molecular complexity index is 701. The third-order valence-corrected chi connectivity index (χ3v) is 3.96. The monoisotopic (exact) mass is 298 g/mol. The number of nitrogens with zero attached hydrogens (tertiary/aromatic N) is 3. The van der Waals surface area contributed by atoms with Crippen molar-refractivity contribution in [3.63, 3.8) is 0 Å². The fourth-order valence-corrected chi connectivity index (χ4v) is 2.89. The van der Waals surface area contributed by atoms with Crippen molar-refractivity contribution in [2.45, 2.75) is 25.3 Å². The lowest BCUT2D eigenvalue weighted by Gasteiger charge is -2.25. The molecule has 0 bridgehead atoms. The highest BCUT2D eigenvalue weighted by Gasteiger charge is 2.24. The predicted octanol–water partition coefficient (Wildman–Crippen LogP) is 1.67. The van der Waals surface area contributed by atoms with Gasteiger partial charge in [-0.15, -0.1) is 0 Å². The van der Waals surface area contributed by atoms with Crippen LogP contribution in [0.25, 0.3) is 11.1 Å². The molecule has 1 unspecified atom stereocenters. The smallest absolute Gasteiger partial charge is 0.281 e. The van der Waals surface area contributed by atoms with E-state index in [1.54, 1.807) is 18.5 Å². The number of aromatic nitrogens is 2. The molecule has 1 aliphatic carbocycles. The van der Waals surface area contributed by atoms with Gasteiger partial charge >= 0.3 is 0 Å². The fraction of sp³-hybridized carbons (Fsp3) is 0.312. The highest BCUT2D eigenvalue weighted by atomic mass is 16.5. The quantitative estimate of drug-likeness (QED) is 0.649. The maximum atomic E-state index is 10.2. The molecule has 1 heterocycles. The van der Waals surface area contributed by atoms with Gasteiger partial charge in [0.25, 0.3) is 6.02 Å². The van der Waals surface area contributed by atoms with Crippen LogP contribution in [-0.4, -0.2) is 34.2 Å². The molecule has 1 aliphatic rings. The number of hydrogen-bond acceptors (Lipinski definition) is 5. The lowest BCUT2D eigenvalue weighted by atomic mass is 9.83. The second-order valence-corrected chi connectivity index (χ2v) is 5.28. The van der Waals surface area contributed by atoms with E-state index in [0.717, 1.165) is 35.1 Å². The Labute approximate surface area is 128 Å². The SMILES string of the molecule is COC(N)=NC1CCc2c(-c3cncnc3)ccc(O)c2C1. The number of phenols is 1. The van der Waals surface area contributed by atoms with Gasteiger partial charge < -0.3 is 15.6 Å². The van der Waals surface area contributed by atoms with E-state index in [1.165, 1.54) is 13.4 Å². The summed E-state index contributed by atoms with van der Waals surface area (Å²) >= 11 is 0. The van der Waals surface area contributed by atoms with E-state index in [4.69, 9.17) is 10.5 Å². The number of aliphatic imine (C=N–C) groups is 1. The zero-order valence-electron chi connectivity index (χ0n) is 12.4. The first-order valence-electron chi connectivity index (χ1n) is 7.15. The standard InChI is InChI=1S/C16H18N4O2/c1-22-16(17)20-11-2-3-13-12(10-7-18-9-19-8-10)4-5-15(21)14(13)6-11/h4-5,7-9,11,21H,2-3,6H2,1H3,(H2,17,20). The third kappa shape index (κ3) is 2.72. The summed E-state index contributed by atoms with van der Waals surface area (Å²) in [7, 11) is 1.50. The van der Waals surface area contributed by atoms with Crippen LogP contribution in [0.1, 0.15) is 17.5 Å². The van der Waals surface area contributed by atoms with E-state index in [1.807, 2.05) is 6.07 Å². The molecule has 0 fully saturated rings. The van der Waals surface area contributed by atoms with Gasteiger partial charge in [-0.2, -0.15) is 0 Å². The minimum absolute atomic E-state index is 0.0284. The van der Waals surface area contributed by atoms with E-state index in [9.17, 15) is 5.11 Å². The molecule has 2 aromatic rings. The second-order valence-electron chi connectivity index (χ2n) is 5.28. The molecule has 3 rings (SSSR count). The van der Waals surface area contributed by atoms with Crippen LogP contribution >= 0.6 is 0 Å². The first kappa shape index (κ1) is 14.3. The number of rotatable bonds is 2. The van der Waals surface area contributed by atoms with Gasteiger partial charge in [0.15, 0.2) is 0 Å². The average Bonchev–Trinajstić information content (AvgIpc) is 2.56. The van der Waals surface area contributed by atoms with Gasteiger partial charge in [-0.05, 0) is 42.0 Å². The molecule has 114 valence electrons. The number of benzene rings is 1. The summed E-state index contributed by atoms with van der Waals surface area (Å²) in [6.45, 7) is 0. The molecule has 0 saturated heterocycles. The van der Waals surface area contributed by atoms with E-state index in [0.29, 0.717) is 12.2 Å². The summed E-state index contributed by atoms with van der Waals surface area (Å²) < 4.78 is 4.91. The first-order valence-corrected chi connectivity index (χ1v) is 7.15. The molecule has 0 saturated carbocycles. The maximum absolute atomic E-state index is 10.2. The van der Waals surface area contributed by atoms with Crippen molar-refractivity contribution >= 4 is 6.02 Å². The van der Waals surface area contributed by atoms with Crippen molar-refractivity contribution in [1.82, 2.24) is 9.97 Å². The van der Waals surface area contributed by atoms with Crippen molar-refractivity contribution in [3.05, 3.63) is 42.0 Å². The van der Waals surface area contributed by atoms with Crippen LogP contribution in [0.4, 0.5) is 0 Å². The van der Waals surface area contributed by atoms with Crippen LogP contribution in [0.5, 0.6) is 5.75 Å². The van der Waals surface area contributed by atoms with Crippen LogP contribution in [0.3, 0.4) is 0 Å². The number of hydrogen-bond donors (Lipinski definition) is 2. The van der Waals surface area contributed by atoms with E-state index in [2.05, 4.69) is 15.0 Å². The second kappa shape index (κ2) is 6.01. The first-order chi connectivity index (χ1) is 10.7. The minimum atomic E-state index is 0.0284. The molecule has 0 aliphatic heterocycles. The number of ether oxygens (including phenoxy) is 1. The van der Waals surface area contributed by atoms with E-state index >= 15 is 0 Å². The van der Waals surface area contributed by atoms with Crippen LogP contribution in [0, 0.1) is 0 Å². The highest BCUT2D eigenvalue weighted by molar-refractivity contribution is 5.72. The van der Waals surface area contributed by atoms with E-state index in [-0.39, 0.29) is 12.1 Å². The molecule has 0 radical (unpaired) electrons. The predicted molar refractivity (Wildman–Crippen MR) is 83.6 cm³/mol. The lowest BCUT2D eigenvalue weighted by Crippen LogP contribution is -2.23. The lowest BCUT2D eigenvalue weighted by molar-refractivity contribution is 0.386. The Morgan fingerprint density at radius 3 is 2.82 bits per heavy atom. The molecular formula is C16H18N4O2. The molecule has 0 spiro atoms. The molecule has 6 nitrogen and oxygen atoms in total. The van der Waals surface area contributed by atoms with E-state index < -0.39 is 0 Å². The number of aromatic hydroxyl groups is 1. The van der Waals surface area contributed by atoms with Gasteiger partial charge in [-0.1, -0.05) is 6.07 Å². The topological polar surface area (TPSA) is 93.6 Å². The Morgan fingerprint density at radius 1 is 1.32 bits per heavy atom. The molecule has 3 N–H and O–H groups in total. The van der Waals surface area contributed by atoms with Gasteiger partial charge in [0.1, 0.15) is 12.1 Å². The zero-order valence-corrected chi connectivity index (χ0v) is 12.4. The van der Waals surface area contributed by atoms with Crippen molar-refractivity contribution in [2.75, 3.05) is 7.11 Å². The molecule has 0 amide bonds. The largest absolute Gasteiger partial charge is 0.508 e. The fourth-order valence-electron chi connectivity index (χ4n) is 2.89. The molecular weight excluding hydrogens is 280 g/mol. The van der Waals surface area contributed by atoms with Crippen molar-refractivity contribution in [2.24, 2.45) is 10.7 Å². The summed E-state index contributed by atoms with van der Waals surface area (Å²) in [6, 6.07) is 3.84. The Hall–Kier alpha value is -2.63. The Balaban J connectivity index is 1.99. The normalized spacial score (nSPS) is 17.9. The van der Waals surface area contributed by atoms with Gasteiger partial charge in [-0.25, -0.2) is 15.0 Å². The van der Waals surface area contributed by atoms with Crippen LogP contribution in [0.2, 0.25) is 0 Å². The van der Waals surface area contributed by atoms with Crippen molar-refractivity contribution in [1.29, 1.82) is 0 Å².